The summed E-state index contributed by atoms with van der Waals surface area (Å²) in [4.78, 5) is 13.6. The zero-order chi connectivity index (χ0) is 14.3. The zero-order valence-corrected chi connectivity index (χ0v) is 12.2. The minimum Gasteiger partial charge on any atom is -0.444 e. The van der Waals surface area contributed by atoms with Crippen molar-refractivity contribution in [2.75, 3.05) is 20.4 Å². The maximum absolute atomic E-state index is 12.0. The second-order valence-electron chi connectivity index (χ2n) is 5.40. The lowest BCUT2D eigenvalue weighted by atomic mass is 10.1. The number of nitrogens with zero attached hydrogens (tertiary/aromatic N) is 1. The first-order valence-electron chi connectivity index (χ1n) is 6.43. The van der Waals surface area contributed by atoms with Crippen LogP contribution in [0.4, 0.5) is 4.79 Å². The number of amides is 1. The Bertz CT molecular complexity index is 384. The molecule has 106 valence electrons. The van der Waals surface area contributed by atoms with Crippen molar-refractivity contribution in [1.29, 1.82) is 0 Å². The largest absolute Gasteiger partial charge is 0.444 e. The molecule has 1 aromatic carbocycles. The summed E-state index contributed by atoms with van der Waals surface area (Å²) in [7, 11) is 1.57. The molecule has 0 aliphatic rings. The first kappa shape index (κ1) is 15.5. The Morgan fingerprint density at radius 2 is 1.84 bits per heavy atom. The molecular weight excluding hydrogens is 242 g/mol. The lowest BCUT2D eigenvalue weighted by Gasteiger charge is -2.26. The van der Waals surface area contributed by atoms with Crippen LogP contribution in [0.5, 0.6) is 0 Å². The third-order valence-electron chi connectivity index (χ3n) is 2.45. The zero-order valence-electron chi connectivity index (χ0n) is 12.2. The molecule has 0 heterocycles. The van der Waals surface area contributed by atoms with Crippen molar-refractivity contribution in [3.05, 3.63) is 35.9 Å². The SMILES string of the molecule is COCN(CCc1ccccc1)C(=O)OC(C)(C)C. The highest BCUT2D eigenvalue weighted by atomic mass is 16.6. The molecule has 0 aliphatic carbocycles. The van der Waals surface area contributed by atoms with Crippen LogP contribution in [0.15, 0.2) is 30.3 Å². The molecule has 1 amide bonds. The molecule has 0 radical (unpaired) electrons. The van der Waals surface area contributed by atoms with Crippen LogP contribution in [0.1, 0.15) is 26.3 Å². The minimum atomic E-state index is -0.490. The average molecular weight is 265 g/mol. The number of carbonyl (C=O) groups excluding carboxylic acids is 1. The molecule has 0 saturated heterocycles. The number of benzene rings is 1. The standard InChI is InChI=1S/C15H23NO3/c1-15(2,3)19-14(17)16(12-18-4)11-10-13-8-6-5-7-9-13/h5-9H,10-12H2,1-4H3. The molecule has 0 N–H and O–H groups in total. The Morgan fingerprint density at radius 1 is 1.21 bits per heavy atom. The van der Waals surface area contributed by atoms with E-state index in [0.29, 0.717) is 6.54 Å². The molecule has 0 bridgehead atoms. The lowest BCUT2D eigenvalue weighted by Crippen LogP contribution is -2.39. The summed E-state index contributed by atoms with van der Waals surface area (Å²) in [5.74, 6) is 0. The van der Waals surface area contributed by atoms with Crippen LogP contribution in [-0.4, -0.2) is 37.0 Å². The van der Waals surface area contributed by atoms with Crippen molar-refractivity contribution in [2.45, 2.75) is 32.8 Å². The maximum atomic E-state index is 12.0. The van der Waals surface area contributed by atoms with Crippen LogP contribution in [0, 0.1) is 0 Å². The summed E-state index contributed by atoms with van der Waals surface area (Å²) in [5, 5.41) is 0. The molecule has 1 aromatic rings. The van der Waals surface area contributed by atoms with E-state index < -0.39 is 5.60 Å². The van der Waals surface area contributed by atoms with Gasteiger partial charge in [-0.1, -0.05) is 30.3 Å². The maximum Gasteiger partial charge on any atom is 0.412 e. The number of carbonyl (C=O) groups is 1. The van der Waals surface area contributed by atoms with E-state index in [9.17, 15) is 4.79 Å². The number of hydrogen-bond acceptors (Lipinski definition) is 3. The highest BCUT2D eigenvalue weighted by Crippen LogP contribution is 2.10. The molecule has 19 heavy (non-hydrogen) atoms. The predicted molar refractivity (Wildman–Crippen MR) is 75.0 cm³/mol. The molecule has 0 unspecified atom stereocenters. The summed E-state index contributed by atoms with van der Waals surface area (Å²) in [6.07, 6.45) is 0.439. The molecule has 0 aliphatic heterocycles. The second-order valence-corrected chi connectivity index (χ2v) is 5.40. The summed E-state index contributed by atoms with van der Waals surface area (Å²) in [5.41, 5.74) is 0.697. The molecule has 1 rings (SSSR count). The molecular formula is C15H23NO3. The van der Waals surface area contributed by atoms with E-state index in [-0.39, 0.29) is 12.8 Å². The smallest absolute Gasteiger partial charge is 0.412 e. The monoisotopic (exact) mass is 265 g/mol. The predicted octanol–water partition coefficient (Wildman–Crippen LogP) is 3.07. The second kappa shape index (κ2) is 7.14. The summed E-state index contributed by atoms with van der Waals surface area (Å²) in [6.45, 7) is 6.38. The van der Waals surface area contributed by atoms with Gasteiger partial charge in [-0.25, -0.2) is 4.79 Å². The molecule has 0 spiro atoms. The van der Waals surface area contributed by atoms with Crippen LogP contribution in [0.25, 0.3) is 0 Å². The highest BCUT2D eigenvalue weighted by Gasteiger charge is 2.21. The number of rotatable bonds is 5. The molecule has 4 nitrogen and oxygen atoms in total. The van der Waals surface area contributed by atoms with Gasteiger partial charge < -0.3 is 9.47 Å². The van der Waals surface area contributed by atoms with Crippen molar-refractivity contribution in [1.82, 2.24) is 4.90 Å². The summed E-state index contributed by atoms with van der Waals surface area (Å²) >= 11 is 0. The molecule has 4 heteroatoms. The van der Waals surface area contributed by atoms with E-state index in [1.165, 1.54) is 5.56 Å². The normalized spacial score (nSPS) is 11.2. The first-order chi connectivity index (χ1) is 8.92. The number of ether oxygens (including phenoxy) is 2. The van der Waals surface area contributed by atoms with Gasteiger partial charge in [0.05, 0.1) is 0 Å². The van der Waals surface area contributed by atoms with Gasteiger partial charge >= 0.3 is 6.09 Å². The van der Waals surface area contributed by atoms with Gasteiger partial charge in [-0.2, -0.15) is 0 Å². The van der Waals surface area contributed by atoms with Crippen molar-refractivity contribution in [3.8, 4) is 0 Å². The lowest BCUT2D eigenvalue weighted by molar-refractivity contribution is -0.00247. The Hall–Kier alpha value is -1.55. The van der Waals surface area contributed by atoms with Crippen molar-refractivity contribution < 1.29 is 14.3 Å². The fourth-order valence-electron chi connectivity index (χ4n) is 1.60. The summed E-state index contributed by atoms with van der Waals surface area (Å²) < 4.78 is 10.4. The van der Waals surface area contributed by atoms with Crippen molar-refractivity contribution >= 4 is 6.09 Å². The van der Waals surface area contributed by atoms with E-state index >= 15 is 0 Å². The van der Waals surface area contributed by atoms with Crippen LogP contribution >= 0.6 is 0 Å². The quantitative estimate of drug-likeness (QED) is 0.768. The van der Waals surface area contributed by atoms with Gasteiger partial charge in [-0.05, 0) is 32.8 Å². The highest BCUT2D eigenvalue weighted by molar-refractivity contribution is 5.67. The third-order valence-corrected chi connectivity index (χ3v) is 2.45. The summed E-state index contributed by atoms with van der Waals surface area (Å²) in [6, 6.07) is 10.0. The third kappa shape index (κ3) is 6.25. The first-order valence-corrected chi connectivity index (χ1v) is 6.43. The Balaban J connectivity index is 2.55. The van der Waals surface area contributed by atoms with Gasteiger partial charge in [0.1, 0.15) is 12.3 Å². The Kier molecular flexibility index (Phi) is 5.83. The van der Waals surface area contributed by atoms with Gasteiger partial charge in [0.25, 0.3) is 0 Å². The number of methoxy groups -OCH3 is 1. The van der Waals surface area contributed by atoms with E-state index in [0.717, 1.165) is 6.42 Å². The minimum absolute atomic E-state index is 0.238. The van der Waals surface area contributed by atoms with Gasteiger partial charge in [-0.3, -0.25) is 4.90 Å². The molecule has 0 saturated carbocycles. The fourth-order valence-corrected chi connectivity index (χ4v) is 1.60. The number of hydrogen-bond donors (Lipinski definition) is 0. The van der Waals surface area contributed by atoms with E-state index in [4.69, 9.17) is 9.47 Å². The van der Waals surface area contributed by atoms with Crippen LogP contribution in [-0.2, 0) is 15.9 Å². The average Bonchev–Trinajstić information content (AvgIpc) is 2.33. The van der Waals surface area contributed by atoms with Crippen molar-refractivity contribution in [2.24, 2.45) is 0 Å². The van der Waals surface area contributed by atoms with E-state index in [1.807, 2.05) is 51.1 Å². The Morgan fingerprint density at radius 3 is 2.37 bits per heavy atom. The van der Waals surface area contributed by atoms with Gasteiger partial charge in [0.15, 0.2) is 0 Å². The van der Waals surface area contributed by atoms with Crippen LogP contribution in [0.3, 0.4) is 0 Å². The van der Waals surface area contributed by atoms with Crippen LogP contribution < -0.4 is 0 Å². The molecule has 0 fully saturated rings. The molecule has 0 atom stereocenters. The van der Waals surface area contributed by atoms with Gasteiger partial charge in [0, 0.05) is 13.7 Å². The van der Waals surface area contributed by atoms with Crippen LogP contribution in [0.2, 0.25) is 0 Å². The fraction of sp³-hybridized carbons (Fsp3) is 0.533. The topological polar surface area (TPSA) is 38.8 Å². The van der Waals surface area contributed by atoms with E-state index in [2.05, 4.69) is 0 Å². The van der Waals surface area contributed by atoms with Gasteiger partial charge in [-0.15, -0.1) is 0 Å². The Labute approximate surface area is 115 Å². The molecule has 0 aromatic heterocycles. The van der Waals surface area contributed by atoms with E-state index in [1.54, 1.807) is 12.0 Å². The van der Waals surface area contributed by atoms with Gasteiger partial charge in [0.2, 0.25) is 0 Å². The van der Waals surface area contributed by atoms with Crippen molar-refractivity contribution in [3.63, 3.8) is 0 Å².